The van der Waals surface area contributed by atoms with E-state index in [1.54, 1.807) is 6.07 Å². The van der Waals surface area contributed by atoms with Crippen LogP contribution in [0.3, 0.4) is 0 Å². The van der Waals surface area contributed by atoms with Gasteiger partial charge >= 0.3 is 0 Å². The Bertz CT molecular complexity index is 531. The second-order valence-electron chi connectivity index (χ2n) is 3.96. The number of hydrogen-bond acceptors (Lipinski definition) is 3. The van der Waals surface area contributed by atoms with Gasteiger partial charge in [0.2, 0.25) is 0 Å². The van der Waals surface area contributed by atoms with Crippen LogP contribution in [-0.4, -0.2) is 19.3 Å². The molecule has 1 aliphatic rings. The summed E-state index contributed by atoms with van der Waals surface area (Å²) in [5.74, 6) is 0. The van der Waals surface area contributed by atoms with Crippen molar-refractivity contribution < 1.29 is 17.8 Å². The monoisotopic (exact) mass is 240 g/mol. The van der Waals surface area contributed by atoms with Crippen molar-refractivity contribution in [2.45, 2.75) is 30.6 Å². The predicted molar refractivity (Wildman–Crippen MR) is 58.3 cm³/mol. The maximum atomic E-state index is 11.2. The number of rotatable bonds is 2. The number of benzene rings is 1. The standard InChI is InChI=1S/C11H12O4S/c12-7-8-5-9-3-1-2-4-10(9)11(6-8)16(13,14)15/h5-7H,1-4H2,(H,13,14,15). The van der Waals surface area contributed by atoms with Crippen molar-refractivity contribution in [3.05, 3.63) is 28.8 Å². The zero-order chi connectivity index (χ0) is 11.8. The molecule has 2 rings (SSSR count). The van der Waals surface area contributed by atoms with E-state index >= 15 is 0 Å². The minimum Gasteiger partial charge on any atom is -0.298 e. The fourth-order valence-corrected chi connectivity index (χ4v) is 2.98. The van der Waals surface area contributed by atoms with E-state index in [-0.39, 0.29) is 4.90 Å². The summed E-state index contributed by atoms with van der Waals surface area (Å²) in [6, 6.07) is 2.95. The maximum Gasteiger partial charge on any atom is 0.294 e. The average molecular weight is 240 g/mol. The zero-order valence-electron chi connectivity index (χ0n) is 8.64. The van der Waals surface area contributed by atoms with E-state index < -0.39 is 10.1 Å². The van der Waals surface area contributed by atoms with Crippen LogP contribution in [0.15, 0.2) is 17.0 Å². The largest absolute Gasteiger partial charge is 0.298 e. The first kappa shape index (κ1) is 11.3. The van der Waals surface area contributed by atoms with Gasteiger partial charge in [-0.2, -0.15) is 8.42 Å². The van der Waals surface area contributed by atoms with Gasteiger partial charge in [0, 0.05) is 5.56 Å². The molecule has 86 valence electrons. The highest BCUT2D eigenvalue weighted by molar-refractivity contribution is 7.85. The number of carbonyl (C=O) groups is 1. The molecule has 0 fully saturated rings. The van der Waals surface area contributed by atoms with E-state index in [0.717, 1.165) is 24.8 Å². The van der Waals surface area contributed by atoms with E-state index in [1.165, 1.54) is 6.07 Å². The third-order valence-corrected chi connectivity index (χ3v) is 3.78. The Kier molecular flexibility index (Phi) is 2.82. The Balaban J connectivity index is 2.70. The third-order valence-electron chi connectivity index (χ3n) is 2.86. The van der Waals surface area contributed by atoms with Crippen LogP contribution < -0.4 is 0 Å². The summed E-state index contributed by atoms with van der Waals surface area (Å²) in [6.45, 7) is 0. The lowest BCUT2D eigenvalue weighted by molar-refractivity contribution is 0.112. The molecule has 1 aromatic carbocycles. The normalized spacial score (nSPS) is 15.6. The molecule has 1 N–H and O–H groups in total. The molecule has 1 aromatic rings. The quantitative estimate of drug-likeness (QED) is 0.630. The van der Waals surface area contributed by atoms with Crippen molar-refractivity contribution in [1.82, 2.24) is 0 Å². The second kappa shape index (κ2) is 3.99. The van der Waals surface area contributed by atoms with Crippen molar-refractivity contribution in [1.29, 1.82) is 0 Å². The van der Waals surface area contributed by atoms with Gasteiger partial charge in [-0.15, -0.1) is 0 Å². The Labute approximate surface area is 94.0 Å². The molecule has 5 heteroatoms. The number of fused-ring (bicyclic) bond motifs is 1. The van der Waals surface area contributed by atoms with Gasteiger partial charge < -0.3 is 0 Å². The first-order valence-corrected chi connectivity index (χ1v) is 6.55. The molecule has 0 heterocycles. The summed E-state index contributed by atoms with van der Waals surface area (Å²) < 4.78 is 31.5. The van der Waals surface area contributed by atoms with Crippen molar-refractivity contribution in [3.8, 4) is 0 Å². The van der Waals surface area contributed by atoms with Crippen LogP contribution in [0.4, 0.5) is 0 Å². The van der Waals surface area contributed by atoms with Gasteiger partial charge in [0.15, 0.2) is 0 Å². The van der Waals surface area contributed by atoms with Crippen molar-refractivity contribution >= 4 is 16.4 Å². The SMILES string of the molecule is O=Cc1cc2c(c(S(=O)(=O)O)c1)CCCC2. The van der Waals surface area contributed by atoms with Crippen LogP contribution in [0.2, 0.25) is 0 Å². The van der Waals surface area contributed by atoms with Gasteiger partial charge in [0.05, 0.1) is 4.90 Å². The minimum atomic E-state index is -4.24. The number of hydrogen-bond donors (Lipinski definition) is 1. The minimum absolute atomic E-state index is 0.105. The van der Waals surface area contributed by atoms with E-state index in [2.05, 4.69) is 0 Å². The first-order chi connectivity index (χ1) is 7.52. The van der Waals surface area contributed by atoms with E-state index in [0.29, 0.717) is 23.8 Å². The van der Waals surface area contributed by atoms with E-state index in [1.807, 2.05) is 0 Å². The van der Waals surface area contributed by atoms with Crippen molar-refractivity contribution in [3.63, 3.8) is 0 Å². The van der Waals surface area contributed by atoms with Crippen LogP contribution in [-0.2, 0) is 23.0 Å². The van der Waals surface area contributed by atoms with Crippen molar-refractivity contribution in [2.24, 2.45) is 0 Å². The first-order valence-electron chi connectivity index (χ1n) is 5.11. The zero-order valence-corrected chi connectivity index (χ0v) is 9.46. The van der Waals surface area contributed by atoms with Gasteiger partial charge in [0.25, 0.3) is 10.1 Å². The molecule has 0 radical (unpaired) electrons. The topological polar surface area (TPSA) is 71.4 Å². The van der Waals surface area contributed by atoms with Crippen molar-refractivity contribution in [2.75, 3.05) is 0 Å². The van der Waals surface area contributed by atoms with Crippen LogP contribution in [0.1, 0.15) is 34.3 Å². The Morgan fingerprint density at radius 3 is 2.50 bits per heavy atom. The summed E-state index contributed by atoms with van der Waals surface area (Å²) >= 11 is 0. The third kappa shape index (κ3) is 2.01. The fraction of sp³-hybridized carbons (Fsp3) is 0.364. The van der Waals surface area contributed by atoms with Gasteiger partial charge in [-0.3, -0.25) is 9.35 Å². The summed E-state index contributed by atoms with van der Waals surface area (Å²) in [7, 11) is -4.24. The molecule has 0 atom stereocenters. The smallest absolute Gasteiger partial charge is 0.294 e. The molecule has 0 bridgehead atoms. The van der Waals surface area contributed by atoms with Crippen LogP contribution in [0.5, 0.6) is 0 Å². The molecular formula is C11H12O4S. The van der Waals surface area contributed by atoms with E-state index in [4.69, 9.17) is 4.55 Å². The number of aldehydes is 1. The lowest BCUT2D eigenvalue weighted by atomic mass is 9.90. The highest BCUT2D eigenvalue weighted by atomic mass is 32.2. The number of aryl methyl sites for hydroxylation is 1. The Morgan fingerprint density at radius 1 is 1.19 bits per heavy atom. The molecule has 0 unspecified atom stereocenters. The lowest BCUT2D eigenvalue weighted by Crippen LogP contribution is -2.11. The Morgan fingerprint density at radius 2 is 1.88 bits per heavy atom. The molecule has 1 aliphatic carbocycles. The molecule has 4 nitrogen and oxygen atoms in total. The van der Waals surface area contributed by atoms with Gasteiger partial charge in [0.1, 0.15) is 6.29 Å². The predicted octanol–water partition coefficient (Wildman–Crippen LogP) is 1.62. The molecular weight excluding hydrogens is 228 g/mol. The Hall–Kier alpha value is -1.20. The van der Waals surface area contributed by atoms with Crippen LogP contribution >= 0.6 is 0 Å². The highest BCUT2D eigenvalue weighted by Gasteiger charge is 2.21. The van der Waals surface area contributed by atoms with Gasteiger partial charge in [-0.25, -0.2) is 0 Å². The highest BCUT2D eigenvalue weighted by Crippen LogP contribution is 2.28. The van der Waals surface area contributed by atoms with Crippen LogP contribution in [0, 0.1) is 0 Å². The lowest BCUT2D eigenvalue weighted by Gasteiger charge is -2.18. The summed E-state index contributed by atoms with van der Waals surface area (Å²) in [4.78, 5) is 10.6. The average Bonchev–Trinajstić information content (AvgIpc) is 2.26. The number of carbonyl (C=O) groups excluding carboxylic acids is 1. The van der Waals surface area contributed by atoms with Gasteiger partial charge in [-0.05, 0) is 48.9 Å². The molecule has 0 aromatic heterocycles. The second-order valence-corrected chi connectivity index (χ2v) is 5.35. The van der Waals surface area contributed by atoms with Gasteiger partial charge in [-0.1, -0.05) is 0 Å². The summed E-state index contributed by atoms with van der Waals surface area (Å²) in [6.07, 6.45) is 3.91. The summed E-state index contributed by atoms with van der Waals surface area (Å²) in [5, 5.41) is 0. The molecule has 0 saturated carbocycles. The van der Waals surface area contributed by atoms with E-state index in [9.17, 15) is 13.2 Å². The van der Waals surface area contributed by atoms with Crippen LogP contribution in [0.25, 0.3) is 0 Å². The molecule has 0 aliphatic heterocycles. The molecule has 0 spiro atoms. The fourth-order valence-electron chi connectivity index (χ4n) is 2.15. The molecule has 16 heavy (non-hydrogen) atoms. The summed E-state index contributed by atoms with van der Waals surface area (Å²) in [5.41, 5.74) is 1.83. The molecule has 0 amide bonds. The maximum absolute atomic E-state index is 11.2. The molecule has 0 saturated heterocycles.